The highest BCUT2D eigenvalue weighted by Crippen LogP contribution is 2.32. The number of rotatable bonds is 15. The van der Waals surface area contributed by atoms with Crippen LogP contribution in [0.2, 0.25) is 0 Å². The van der Waals surface area contributed by atoms with E-state index in [-0.39, 0.29) is 16.9 Å². The average Bonchev–Trinajstić information content (AvgIpc) is 3.61. The van der Waals surface area contributed by atoms with Crippen LogP contribution in [0.3, 0.4) is 0 Å². The maximum atomic E-state index is 13.6. The van der Waals surface area contributed by atoms with Crippen molar-refractivity contribution in [2.24, 2.45) is 0 Å². The SMILES string of the molecule is CCCCOc1ccc(NC(=O)[C@H](C)Sc2ccc(NC(=O)/C(=C\c3ccc(-c4ccccc4OC)o3)NC(=O)c3ccccc3)cc2)cc1. The molecule has 3 amide bonds. The lowest BCUT2D eigenvalue weighted by molar-refractivity contribution is -0.115. The van der Waals surface area contributed by atoms with Crippen LogP contribution in [-0.2, 0) is 9.59 Å². The van der Waals surface area contributed by atoms with E-state index < -0.39 is 11.8 Å². The van der Waals surface area contributed by atoms with E-state index in [1.807, 2.05) is 67.6 Å². The van der Waals surface area contributed by atoms with Crippen molar-refractivity contribution in [3.8, 4) is 22.8 Å². The fourth-order valence-electron chi connectivity index (χ4n) is 4.79. The zero-order valence-corrected chi connectivity index (χ0v) is 28.9. The van der Waals surface area contributed by atoms with Crippen molar-refractivity contribution in [2.75, 3.05) is 24.4 Å². The first-order valence-corrected chi connectivity index (χ1v) is 17.1. The van der Waals surface area contributed by atoms with E-state index in [0.29, 0.717) is 40.8 Å². The lowest BCUT2D eigenvalue weighted by Gasteiger charge is -2.14. The number of ether oxygens (including phenoxy) is 2. The second kappa shape index (κ2) is 17.6. The Labute approximate surface area is 296 Å². The highest BCUT2D eigenvalue weighted by molar-refractivity contribution is 8.00. The van der Waals surface area contributed by atoms with E-state index >= 15 is 0 Å². The molecule has 0 radical (unpaired) electrons. The van der Waals surface area contributed by atoms with Crippen LogP contribution in [-0.4, -0.2) is 36.7 Å². The number of para-hydroxylation sites is 1. The third-order valence-corrected chi connectivity index (χ3v) is 8.61. The fourth-order valence-corrected chi connectivity index (χ4v) is 5.66. The van der Waals surface area contributed by atoms with Gasteiger partial charge in [0.05, 0.1) is 24.5 Å². The molecule has 1 atom stereocenters. The molecular weight excluding hydrogens is 651 g/mol. The van der Waals surface area contributed by atoms with Gasteiger partial charge in [0.25, 0.3) is 11.8 Å². The number of nitrogens with one attached hydrogen (secondary N) is 3. The van der Waals surface area contributed by atoms with Crippen LogP contribution in [0.25, 0.3) is 17.4 Å². The van der Waals surface area contributed by atoms with Crippen molar-refractivity contribution in [1.82, 2.24) is 5.32 Å². The van der Waals surface area contributed by atoms with Crippen LogP contribution < -0.4 is 25.4 Å². The van der Waals surface area contributed by atoms with Gasteiger partial charge in [0.15, 0.2) is 0 Å². The molecule has 0 fully saturated rings. The summed E-state index contributed by atoms with van der Waals surface area (Å²) in [6, 6.07) is 34.0. The number of thioether (sulfide) groups is 1. The molecule has 10 heteroatoms. The summed E-state index contributed by atoms with van der Waals surface area (Å²) >= 11 is 1.39. The van der Waals surface area contributed by atoms with E-state index in [4.69, 9.17) is 13.9 Å². The second-order valence-corrected chi connectivity index (χ2v) is 12.6. The molecule has 0 saturated heterocycles. The van der Waals surface area contributed by atoms with E-state index in [2.05, 4.69) is 22.9 Å². The van der Waals surface area contributed by atoms with Crippen molar-refractivity contribution in [2.45, 2.75) is 36.8 Å². The van der Waals surface area contributed by atoms with Gasteiger partial charge in [-0.05, 0) is 98.3 Å². The standard InChI is InChI=1S/C40H39N3O6S/c1-4-5-25-48-31-19-15-29(16-20-31)41-38(44)27(2)50-33-22-17-30(18-23-33)42-40(46)35(43-39(45)28-11-7-6-8-12-28)26-32-21-24-37(49-32)34-13-9-10-14-36(34)47-3/h6-24,26-27H,4-5,25H2,1-3H3,(H,41,44)(H,42,46)(H,43,45)/b35-26+/t27-/m0/s1. The molecule has 0 aliphatic carbocycles. The molecule has 4 aromatic carbocycles. The molecule has 0 spiro atoms. The van der Waals surface area contributed by atoms with Crippen molar-refractivity contribution in [3.63, 3.8) is 0 Å². The van der Waals surface area contributed by atoms with E-state index in [1.54, 1.807) is 61.7 Å². The van der Waals surface area contributed by atoms with Gasteiger partial charge in [0.2, 0.25) is 5.91 Å². The normalized spacial score (nSPS) is 11.7. The van der Waals surface area contributed by atoms with Crippen LogP contribution in [0.5, 0.6) is 11.5 Å². The third kappa shape index (κ3) is 9.90. The Morgan fingerprint density at radius 2 is 1.50 bits per heavy atom. The molecule has 0 aliphatic heterocycles. The lowest BCUT2D eigenvalue weighted by Crippen LogP contribution is -2.30. The monoisotopic (exact) mass is 689 g/mol. The van der Waals surface area contributed by atoms with Gasteiger partial charge in [-0.2, -0.15) is 0 Å². The molecule has 3 N–H and O–H groups in total. The fraction of sp³-hybridized carbons (Fsp3) is 0.175. The van der Waals surface area contributed by atoms with Crippen molar-refractivity contribution in [3.05, 3.63) is 132 Å². The number of amides is 3. The van der Waals surface area contributed by atoms with Crippen LogP contribution >= 0.6 is 11.8 Å². The summed E-state index contributed by atoms with van der Waals surface area (Å²) in [7, 11) is 1.58. The Hall–Kier alpha value is -5.74. The number of carbonyl (C=O) groups excluding carboxylic acids is 3. The highest BCUT2D eigenvalue weighted by Gasteiger charge is 2.18. The van der Waals surface area contributed by atoms with Crippen molar-refractivity contribution >= 4 is 46.9 Å². The number of hydrogen-bond donors (Lipinski definition) is 3. The van der Waals surface area contributed by atoms with Crippen LogP contribution in [0.15, 0.2) is 130 Å². The largest absolute Gasteiger partial charge is 0.496 e. The molecule has 1 heterocycles. The molecule has 5 rings (SSSR count). The maximum Gasteiger partial charge on any atom is 0.272 e. The van der Waals surface area contributed by atoms with Gasteiger partial charge < -0.3 is 29.8 Å². The number of benzene rings is 4. The Bertz CT molecular complexity index is 1920. The van der Waals surface area contributed by atoms with Gasteiger partial charge in [-0.25, -0.2) is 0 Å². The first-order chi connectivity index (χ1) is 24.3. The zero-order chi connectivity index (χ0) is 35.3. The number of anilines is 2. The van der Waals surface area contributed by atoms with Gasteiger partial charge in [-0.15, -0.1) is 11.8 Å². The minimum absolute atomic E-state index is 0.0101. The van der Waals surface area contributed by atoms with Crippen molar-refractivity contribution < 1.29 is 28.3 Å². The summed E-state index contributed by atoms with van der Waals surface area (Å²) in [5.41, 5.74) is 2.34. The second-order valence-electron chi connectivity index (χ2n) is 11.2. The predicted molar refractivity (Wildman–Crippen MR) is 198 cm³/mol. The molecule has 5 aromatic rings. The molecule has 1 aromatic heterocycles. The summed E-state index contributed by atoms with van der Waals surface area (Å²) in [6.45, 7) is 4.61. The van der Waals surface area contributed by atoms with Gasteiger partial charge in [0, 0.05) is 27.9 Å². The Kier molecular flexibility index (Phi) is 12.5. The first-order valence-electron chi connectivity index (χ1n) is 16.3. The van der Waals surface area contributed by atoms with Crippen LogP contribution in [0.1, 0.15) is 42.8 Å². The number of furan rings is 1. The van der Waals surface area contributed by atoms with E-state index in [0.717, 1.165) is 29.1 Å². The minimum atomic E-state index is -0.542. The smallest absolute Gasteiger partial charge is 0.272 e. The summed E-state index contributed by atoms with van der Waals surface area (Å²) in [6.07, 6.45) is 3.53. The summed E-state index contributed by atoms with van der Waals surface area (Å²) in [5.74, 6) is 1.19. The quantitative estimate of drug-likeness (QED) is 0.0572. The topological polar surface area (TPSA) is 119 Å². The molecule has 50 heavy (non-hydrogen) atoms. The van der Waals surface area contributed by atoms with Gasteiger partial charge in [0.1, 0.15) is 28.7 Å². The molecule has 0 bridgehead atoms. The summed E-state index contributed by atoms with van der Waals surface area (Å²) in [4.78, 5) is 40.4. The predicted octanol–water partition coefficient (Wildman–Crippen LogP) is 8.66. The molecule has 0 aliphatic rings. The van der Waals surface area contributed by atoms with E-state index in [9.17, 15) is 14.4 Å². The average molecular weight is 690 g/mol. The Morgan fingerprint density at radius 1 is 0.820 bits per heavy atom. The van der Waals surface area contributed by atoms with Gasteiger partial charge >= 0.3 is 0 Å². The van der Waals surface area contributed by atoms with E-state index in [1.165, 1.54) is 17.8 Å². The minimum Gasteiger partial charge on any atom is -0.496 e. The van der Waals surface area contributed by atoms with Crippen LogP contribution in [0.4, 0.5) is 11.4 Å². The summed E-state index contributed by atoms with van der Waals surface area (Å²) < 4.78 is 17.2. The summed E-state index contributed by atoms with van der Waals surface area (Å²) in [5, 5.41) is 8.14. The molecule has 0 saturated carbocycles. The number of methoxy groups -OCH3 is 1. The number of hydrogen-bond acceptors (Lipinski definition) is 7. The number of carbonyl (C=O) groups is 3. The first kappa shape index (κ1) is 35.6. The molecule has 9 nitrogen and oxygen atoms in total. The Balaban J connectivity index is 1.24. The molecule has 0 unspecified atom stereocenters. The molecule has 256 valence electrons. The maximum absolute atomic E-state index is 13.6. The van der Waals surface area contributed by atoms with Gasteiger partial charge in [-0.1, -0.05) is 43.7 Å². The van der Waals surface area contributed by atoms with Crippen LogP contribution in [0, 0.1) is 0 Å². The zero-order valence-electron chi connectivity index (χ0n) is 28.1. The van der Waals surface area contributed by atoms with Gasteiger partial charge in [-0.3, -0.25) is 14.4 Å². The lowest BCUT2D eigenvalue weighted by atomic mass is 10.1. The third-order valence-electron chi connectivity index (χ3n) is 7.50. The van der Waals surface area contributed by atoms with Crippen molar-refractivity contribution in [1.29, 1.82) is 0 Å². The molecular formula is C40H39N3O6S. The highest BCUT2D eigenvalue weighted by atomic mass is 32.2. The Morgan fingerprint density at radius 3 is 2.22 bits per heavy atom. The number of unbranched alkanes of at least 4 members (excludes halogenated alkanes) is 1.